The third-order valence-corrected chi connectivity index (χ3v) is 7.95. The summed E-state index contributed by atoms with van der Waals surface area (Å²) in [5.41, 5.74) is 2.76. The van der Waals surface area contributed by atoms with Crippen LogP contribution in [0.25, 0.3) is 0 Å². The lowest BCUT2D eigenvalue weighted by Crippen LogP contribution is -2.35. The minimum absolute atomic E-state index is 0.0237. The number of nitrogens with one attached hydrogen (secondary N) is 1. The fourth-order valence-electron chi connectivity index (χ4n) is 4.29. The van der Waals surface area contributed by atoms with Gasteiger partial charge in [-0.3, -0.25) is 9.10 Å². The SMILES string of the molecule is COc1ccc(CCNC(=O)c2ccc3c(c2)C[C@@H](C)N3S(=O)(=O)c2ccc(F)cc2)cc1OC. The zero-order valence-corrected chi connectivity index (χ0v) is 20.6. The quantitative estimate of drug-likeness (QED) is 0.508. The number of nitrogens with zero attached hydrogens (tertiary/aromatic N) is 1. The van der Waals surface area contributed by atoms with Crippen molar-refractivity contribution < 1.29 is 27.1 Å². The second-order valence-electron chi connectivity index (χ2n) is 8.35. The summed E-state index contributed by atoms with van der Waals surface area (Å²) in [5.74, 6) is 0.536. The van der Waals surface area contributed by atoms with E-state index < -0.39 is 15.8 Å². The molecule has 3 aromatic rings. The number of amides is 1. The Morgan fingerprint density at radius 1 is 1.03 bits per heavy atom. The molecule has 0 fully saturated rings. The van der Waals surface area contributed by atoms with E-state index in [0.29, 0.717) is 42.1 Å². The van der Waals surface area contributed by atoms with Crippen molar-refractivity contribution in [3.63, 3.8) is 0 Å². The van der Waals surface area contributed by atoms with Crippen LogP contribution in [0.15, 0.2) is 65.6 Å². The molecule has 1 atom stereocenters. The first-order valence-corrected chi connectivity index (χ1v) is 12.6. The van der Waals surface area contributed by atoms with Crippen LogP contribution in [-0.4, -0.2) is 41.1 Å². The predicted octanol–water partition coefficient (Wildman–Crippen LogP) is 3.96. The molecule has 0 unspecified atom stereocenters. The van der Waals surface area contributed by atoms with Crippen LogP contribution in [0.2, 0.25) is 0 Å². The smallest absolute Gasteiger partial charge is 0.264 e. The topological polar surface area (TPSA) is 84.9 Å². The van der Waals surface area contributed by atoms with Gasteiger partial charge in [0.05, 0.1) is 24.8 Å². The Morgan fingerprint density at radius 2 is 1.74 bits per heavy atom. The summed E-state index contributed by atoms with van der Waals surface area (Å²) >= 11 is 0. The molecule has 0 aromatic heterocycles. The van der Waals surface area contributed by atoms with Crippen LogP contribution in [0.4, 0.5) is 10.1 Å². The number of hydrogen-bond acceptors (Lipinski definition) is 5. The largest absolute Gasteiger partial charge is 0.493 e. The lowest BCUT2D eigenvalue weighted by atomic mass is 10.1. The van der Waals surface area contributed by atoms with E-state index >= 15 is 0 Å². The van der Waals surface area contributed by atoms with E-state index in [1.54, 1.807) is 32.4 Å². The fourth-order valence-corrected chi connectivity index (χ4v) is 5.98. The number of carbonyl (C=O) groups is 1. The third kappa shape index (κ3) is 4.95. The molecule has 9 heteroatoms. The van der Waals surface area contributed by atoms with Gasteiger partial charge in [-0.1, -0.05) is 6.07 Å². The number of rotatable bonds is 8. The van der Waals surface area contributed by atoms with Crippen molar-refractivity contribution in [2.45, 2.75) is 30.7 Å². The van der Waals surface area contributed by atoms with E-state index in [1.165, 1.54) is 16.4 Å². The van der Waals surface area contributed by atoms with E-state index in [-0.39, 0.29) is 16.8 Å². The summed E-state index contributed by atoms with van der Waals surface area (Å²) in [6, 6.07) is 15.1. The molecule has 4 rings (SSSR count). The Kier molecular flexibility index (Phi) is 6.98. The van der Waals surface area contributed by atoms with Crippen LogP contribution in [0.3, 0.4) is 0 Å². The lowest BCUT2D eigenvalue weighted by molar-refractivity contribution is 0.0954. The first-order chi connectivity index (χ1) is 16.7. The Balaban J connectivity index is 1.46. The molecule has 1 amide bonds. The van der Waals surface area contributed by atoms with Gasteiger partial charge in [0, 0.05) is 18.2 Å². The molecule has 0 aliphatic carbocycles. The van der Waals surface area contributed by atoms with Crippen LogP contribution in [0.5, 0.6) is 11.5 Å². The van der Waals surface area contributed by atoms with E-state index in [4.69, 9.17) is 9.47 Å². The number of halogens is 1. The molecular formula is C26H27FN2O5S. The average Bonchev–Trinajstić information content (AvgIpc) is 3.19. The monoisotopic (exact) mass is 498 g/mol. The van der Waals surface area contributed by atoms with Crippen molar-refractivity contribution in [1.82, 2.24) is 5.32 Å². The number of carbonyl (C=O) groups excluding carboxylic acids is 1. The average molecular weight is 499 g/mol. The van der Waals surface area contributed by atoms with Crippen molar-refractivity contribution in [1.29, 1.82) is 0 Å². The number of anilines is 1. The lowest BCUT2D eigenvalue weighted by Gasteiger charge is -2.24. The van der Waals surface area contributed by atoms with Gasteiger partial charge in [0.1, 0.15) is 5.82 Å². The van der Waals surface area contributed by atoms with Crippen LogP contribution in [0, 0.1) is 5.82 Å². The second-order valence-corrected chi connectivity index (χ2v) is 10.2. The molecule has 7 nitrogen and oxygen atoms in total. The second kappa shape index (κ2) is 9.95. The number of benzene rings is 3. The fraction of sp³-hybridized carbons (Fsp3) is 0.269. The van der Waals surface area contributed by atoms with Gasteiger partial charge in [0.25, 0.3) is 15.9 Å². The molecule has 1 heterocycles. The van der Waals surface area contributed by atoms with Crippen molar-refractivity contribution in [3.8, 4) is 11.5 Å². The van der Waals surface area contributed by atoms with E-state index in [2.05, 4.69) is 5.32 Å². The highest BCUT2D eigenvalue weighted by Crippen LogP contribution is 2.37. The number of fused-ring (bicyclic) bond motifs is 1. The van der Waals surface area contributed by atoms with Crippen LogP contribution >= 0.6 is 0 Å². The first-order valence-electron chi connectivity index (χ1n) is 11.2. The maximum Gasteiger partial charge on any atom is 0.264 e. The number of ether oxygens (including phenoxy) is 2. The van der Waals surface area contributed by atoms with Gasteiger partial charge >= 0.3 is 0 Å². The Hall–Kier alpha value is -3.59. The summed E-state index contributed by atoms with van der Waals surface area (Å²) < 4.78 is 51.6. The molecule has 3 aromatic carbocycles. The first kappa shape index (κ1) is 24.5. The van der Waals surface area contributed by atoms with Crippen molar-refractivity contribution in [2.75, 3.05) is 25.1 Å². The van der Waals surface area contributed by atoms with E-state index in [9.17, 15) is 17.6 Å². The standard InChI is InChI=1S/C26H27FN2O5S/c1-17-14-20-16-19(26(30)28-13-12-18-4-11-24(33-2)25(15-18)34-3)5-10-23(20)29(17)35(31,32)22-8-6-21(27)7-9-22/h4-11,15-17H,12-14H2,1-3H3,(H,28,30)/t17-/m1/s1. The van der Waals surface area contributed by atoms with Gasteiger partial charge in [-0.15, -0.1) is 0 Å². The molecule has 0 saturated heterocycles. The predicted molar refractivity (Wildman–Crippen MR) is 131 cm³/mol. The van der Waals surface area contributed by atoms with Crippen LogP contribution in [0.1, 0.15) is 28.4 Å². The molecular weight excluding hydrogens is 471 g/mol. The van der Waals surface area contributed by atoms with E-state index in [1.807, 2.05) is 25.1 Å². The highest BCUT2D eigenvalue weighted by Gasteiger charge is 2.36. The molecule has 0 saturated carbocycles. The van der Waals surface area contributed by atoms with E-state index in [0.717, 1.165) is 23.3 Å². The van der Waals surface area contributed by atoms with Gasteiger partial charge in [-0.05, 0) is 85.5 Å². The van der Waals surface area contributed by atoms with Gasteiger partial charge in [-0.25, -0.2) is 12.8 Å². The molecule has 35 heavy (non-hydrogen) atoms. The zero-order chi connectivity index (χ0) is 25.2. The van der Waals surface area contributed by atoms with Gasteiger partial charge in [-0.2, -0.15) is 0 Å². The summed E-state index contributed by atoms with van der Waals surface area (Å²) in [6.45, 7) is 2.23. The summed E-state index contributed by atoms with van der Waals surface area (Å²) in [7, 11) is -0.710. The van der Waals surface area contributed by atoms with Gasteiger partial charge in [0.2, 0.25) is 0 Å². The van der Waals surface area contributed by atoms with Crippen LogP contribution < -0.4 is 19.1 Å². The highest BCUT2D eigenvalue weighted by molar-refractivity contribution is 7.92. The zero-order valence-electron chi connectivity index (χ0n) is 19.7. The maximum absolute atomic E-state index is 13.3. The van der Waals surface area contributed by atoms with Crippen molar-refractivity contribution in [2.24, 2.45) is 0 Å². The molecule has 1 N–H and O–H groups in total. The molecule has 184 valence electrons. The Morgan fingerprint density at radius 3 is 2.43 bits per heavy atom. The van der Waals surface area contributed by atoms with Crippen molar-refractivity contribution >= 4 is 21.6 Å². The minimum Gasteiger partial charge on any atom is -0.493 e. The molecule has 0 bridgehead atoms. The molecule has 0 radical (unpaired) electrons. The molecule has 1 aliphatic heterocycles. The molecule has 1 aliphatic rings. The van der Waals surface area contributed by atoms with Crippen LogP contribution in [-0.2, 0) is 22.9 Å². The van der Waals surface area contributed by atoms with Gasteiger partial charge in [0.15, 0.2) is 11.5 Å². The number of sulfonamides is 1. The van der Waals surface area contributed by atoms with Crippen molar-refractivity contribution in [3.05, 3.63) is 83.2 Å². The number of methoxy groups -OCH3 is 2. The third-order valence-electron chi connectivity index (χ3n) is 6.01. The molecule has 0 spiro atoms. The summed E-state index contributed by atoms with van der Waals surface area (Å²) in [4.78, 5) is 12.8. The minimum atomic E-state index is -3.86. The summed E-state index contributed by atoms with van der Waals surface area (Å²) in [5, 5.41) is 2.91. The maximum atomic E-state index is 13.3. The summed E-state index contributed by atoms with van der Waals surface area (Å²) in [6.07, 6.45) is 1.08. The Labute approximate surface area is 204 Å². The highest BCUT2D eigenvalue weighted by atomic mass is 32.2. The van der Waals surface area contributed by atoms with Gasteiger partial charge < -0.3 is 14.8 Å². The normalized spacial score (nSPS) is 15.0. The Bertz CT molecular complexity index is 1340. The number of hydrogen-bond donors (Lipinski definition) is 1.